The van der Waals surface area contributed by atoms with Crippen LogP contribution in [0.15, 0.2) is 0 Å². The summed E-state index contributed by atoms with van der Waals surface area (Å²) in [5.41, 5.74) is 0. The molecule has 6 nitrogen and oxygen atoms in total. The van der Waals surface area contributed by atoms with Crippen molar-refractivity contribution in [1.82, 2.24) is 10.2 Å². The van der Waals surface area contributed by atoms with Crippen LogP contribution in [0.4, 0.5) is 0 Å². The first kappa shape index (κ1) is 15.3. The van der Waals surface area contributed by atoms with Gasteiger partial charge in [-0.15, -0.1) is 0 Å². The summed E-state index contributed by atoms with van der Waals surface area (Å²) >= 11 is 0. The van der Waals surface area contributed by atoms with Crippen molar-refractivity contribution < 1.29 is 19.4 Å². The first-order valence-corrected chi connectivity index (χ1v) is 7.44. The Morgan fingerprint density at radius 1 is 1.30 bits per heavy atom. The van der Waals surface area contributed by atoms with Crippen molar-refractivity contribution in [2.45, 2.75) is 44.8 Å². The zero-order valence-corrected chi connectivity index (χ0v) is 12.0. The Bertz CT molecular complexity index is 355. The van der Waals surface area contributed by atoms with E-state index in [-0.39, 0.29) is 18.1 Å². The summed E-state index contributed by atoms with van der Waals surface area (Å²) in [5, 5.41) is 12.3. The van der Waals surface area contributed by atoms with Crippen molar-refractivity contribution in [3.8, 4) is 0 Å². The fraction of sp³-hybridized carbons (Fsp3) is 0.857. The minimum Gasteiger partial charge on any atom is -0.481 e. The summed E-state index contributed by atoms with van der Waals surface area (Å²) in [6, 6.07) is -0.209. The number of aliphatic carboxylic acids is 1. The van der Waals surface area contributed by atoms with E-state index >= 15 is 0 Å². The van der Waals surface area contributed by atoms with Gasteiger partial charge in [0.15, 0.2) is 0 Å². The van der Waals surface area contributed by atoms with Crippen LogP contribution >= 0.6 is 0 Å². The highest BCUT2D eigenvalue weighted by atomic mass is 16.5. The number of piperidine rings is 1. The van der Waals surface area contributed by atoms with E-state index in [2.05, 4.69) is 5.32 Å². The minimum absolute atomic E-state index is 0.00943. The lowest BCUT2D eigenvalue weighted by Gasteiger charge is -2.25. The maximum atomic E-state index is 12.1. The number of hydrogen-bond acceptors (Lipinski definition) is 4. The van der Waals surface area contributed by atoms with E-state index in [1.54, 1.807) is 4.90 Å². The molecule has 2 heterocycles. The molecule has 2 aliphatic rings. The van der Waals surface area contributed by atoms with Crippen LogP contribution in [0.1, 0.15) is 32.6 Å². The predicted molar refractivity (Wildman–Crippen MR) is 73.4 cm³/mol. The molecule has 114 valence electrons. The van der Waals surface area contributed by atoms with E-state index in [1.165, 1.54) is 0 Å². The molecular formula is C14H24N2O4. The van der Waals surface area contributed by atoms with Crippen molar-refractivity contribution in [2.24, 2.45) is 5.92 Å². The Hall–Kier alpha value is -1.14. The Labute approximate surface area is 119 Å². The number of rotatable bonds is 5. The van der Waals surface area contributed by atoms with Gasteiger partial charge in [-0.2, -0.15) is 0 Å². The predicted octanol–water partition coefficient (Wildman–Crippen LogP) is 0.467. The Morgan fingerprint density at radius 2 is 2.00 bits per heavy atom. The van der Waals surface area contributed by atoms with Gasteiger partial charge < -0.3 is 20.1 Å². The molecule has 0 aromatic carbocycles. The van der Waals surface area contributed by atoms with Crippen molar-refractivity contribution in [2.75, 3.05) is 26.2 Å². The fourth-order valence-corrected chi connectivity index (χ4v) is 3.04. The molecule has 2 atom stereocenters. The van der Waals surface area contributed by atoms with Crippen molar-refractivity contribution in [3.05, 3.63) is 0 Å². The van der Waals surface area contributed by atoms with Crippen molar-refractivity contribution in [3.63, 3.8) is 0 Å². The molecule has 0 aliphatic carbocycles. The van der Waals surface area contributed by atoms with E-state index in [0.29, 0.717) is 26.0 Å². The Morgan fingerprint density at radius 3 is 2.60 bits per heavy atom. The van der Waals surface area contributed by atoms with Crippen LogP contribution in [-0.2, 0) is 14.3 Å². The molecule has 2 rings (SSSR count). The largest absolute Gasteiger partial charge is 0.481 e. The zero-order valence-electron chi connectivity index (χ0n) is 12.0. The Kier molecular flexibility index (Phi) is 5.37. The number of amides is 1. The number of carbonyl (C=O) groups excluding carboxylic acids is 1. The maximum Gasteiger partial charge on any atom is 0.308 e. The molecule has 2 saturated heterocycles. The number of ether oxygens (including phenoxy) is 1. The number of nitrogens with one attached hydrogen (secondary N) is 1. The average molecular weight is 284 g/mol. The monoisotopic (exact) mass is 284 g/mol. The first-order chi connectivity index (χ1) is 9.59. The molecule has 0 bridgehead atoms. The van der Waals surface area contributed by atoms with Crippen LogP contribution in [-0.4, -0.2) is 60.3 Å². The molecule has 2 aliphatic heterocycles. The third kappa shape index (κ3) is 3.70. The lowest BCUT2D eigenvalue weighted by Crippen LogP contribution is -2.38. The van der Waals surface area contributed by atoms with Gasteiger partial charge >= 0.3 is 5.97 Å². The molecule has 2 unspecified atom stereocenters. The SMILES string of the molecule is CC1C(C(=O)O)CCN1C(=O)CCOC1CCNCC1. The van der Waals surface area contributed by atoms with E-state index in [9.17, 15) is 9.59 Å². The summed E-state index contributed by atoms with van der Waals surface area (Å²) in [7, 11) is 0. The van der Waals surface area contributed by atoms with Gasteiger partial charge in [-0.1, -0.05) is 0 Å². The highest BCUT2D eigenvalue weighted by Gasteiger charge is 2.37. The normalized spacial score (nSPS) is 27.8. The van der Waals surface area contributed by atoms with Crippen LogP contribution in [0.3, 0.4) is 0 Å². The topological polar surface area (TPSA) is 78.9 Å². The number of nitrogens with zero attached hydrogens (tertiary/aromatic N) is 1. The van der Waals surface area contributed by atoms with Gasteiger partial charge in [-0.3, -0.25) is 9.59 Å². The Balaban J connectivity index is 1.71. The summed E-state index contributed by atoms with van der Waals surface area (Å²) in [4.78, 5) is 24.8. The molecule has 2 N–H and O–H groups in total. The number of carbonyl (C=O) groups is 2. The third-order valence-corrected chi connectivity index (χ3v) is 4.35. The highest BCUT2D eigenvalue weighted by Crippen LogP contribution is 2.25. The van der Waals surface area contributed by atoms with E-state index < -0.39 is 11.9 Å². The van der Waals surface area contributed by atoms with Crippen molar-refractivity contribution >= 4 is 11.9 Å². The molecule has 1 amide bonds. The molecule has 2 fully saturated rings. The molecule has 6 heteroatoms. The van der Waals surface area contributed by atoms with Gasteiger partial charge in [0.2, 0.25) is 5.91 Å². The van der Waals surface area contributed by atoms with Gasteiger partial charge in [-0.05, 0) is 39.3 Å². The second-order valence-corrected chi connectivity index (χ2v) is 5.63. The molecule has 0 radical (unpaired) electrons. The van der Waals surface area contributed by atoms with Gasteiger partial charge in [-0.25, -0.2) is 0 Å². The third-order valence-electron chi connectivity index (χ3n) is 4.35. The van der Waals surface area contributed by atoms with Crippen LogP contribution < -0.4 is 5.32 Å². The summed E-state index contributed by atoms with van der Waals surface area (Å²) < 4.78 is 5.72. The van der Waals surface area contributed by atoms with Gasteiger partial charge in [0.1, 0.15) is 0 Å². The zero-order chi connectivity index (χ0) is 14.5. The van der Waals surface area contributed by atoms with Crippen LogP contribution in [0.25, 0.3) is 0 Å². The molecule has 0 aromatic rings. The molecule has 20 heavy (non-hydrogen) atoms. The van der Waals surface area contributed by atoms with Crippen LogP contribution in [0, 0.1) is 5.92 Å². The number of likely N-dealkylation sites (tertiary alicyclic amines) is 1. The molecule has 0 aromatic heterocycles. The lowest BCUT2D eigenvalue weighted by molar-refractivity contribution is -0.143. The fourth-order valence-electron chi connectivity index (χ4n) is 3.04. The summed E-state index contributed by atoms with van der Waals surface area (Å²) in [6.45, 7) is 4.75. The quantitative estimate of drug-likeness (QED) is 0.767. The smallest absolute Gasteiger partial charge is 0.308 e. The maximum absolute atomic E-state index is 12.1. The average Bonchev–Trinajstić information content (AvgIpc) is 2.82. The molecule has 0 saturated carbocycles. The van der Waals surface area contributed by atoms with Gasteiger partial charge in [0.25, 0.3) is 0 Å². The molecule has 0 spiro atoms. The van der Waals surface area contributed by atoms with Crippen LogP contribution in [0.5, 0.6) is 0 Å². The minimum atomic E-state index is -0.807. The highest BCUT2D eigenvalue weighted by molar-refractivity contribution is 5.79. The summed E-state index contributed by atoms with van der Waals surface area (Å²) in [5.74, 6) is -1.22. The van der Waals surface area contributed by atoms with E-state index in [0.717, 1.165) is 25.9 Å². The number of carboxylic acids is 1. The summed E-state index contributed by atoms with van der Waals surface area (Å²) in [6.07, 6.45) is 3.15. The van der Waals surface area contributed by atoms with E-state index in [1.807, 2.05) is 6.92 Å². The van der Waals surface area contributed by atoms with Gasteiger partial charge in [0, 0.05) is 12.6 Å². The number of carboxylic acid groups (broad SMARTS) is 1. The lowest BCUT2D eigenvalue weighted by atomic mass is 10.0. The molecular weight excluding hydrogens is 260 g/mol. The second-order valence-electron chi connectivity index (χ2n) is 5.63. The van der Waals surface area contributed by atoms with Gasteiger partial charge in [0.05, 0.1) is 25.0 Å². The second kappa shape index (κ2) is 7.04. The van der Waals surface area contributed by atoms with Crippen LogP contribution in [0.2, 0.25) is 0 Å². The van der Waals surface area contributed by atoms with E-state index in [4.69, 9.17) is 9.84 Å². The standard InChI is InChI=1S/C14H24N2O4/c1-10-12(14(18)19)4-8-16(10)13(17)5-9-20-11-2-6-15-7-3-11/h10-12,15H,2-9H2,1H3,(H,18,19). The van der Waals surface area contributed by atoms with Crippen molar-refractivity contribution in [1.29, 1.82) is 0 Å². The number of hydrogen-bond donors (Lipinski definition) is 2. The first-order valence-electron chi connectivity index (χ1n) is 7.44.